The van der Waals surface area contributed by atoms with E-state index in [2.05, 4.69) is 38.8 Å². The van der Waals surface area contributed by atoms with Gasteiger partial charge in [0.1, 0.15) is 6.26 Å². The second-order valence-corrected chi connectivity index (χ2v) is 12.4. The van der Waals surface area contributed by atoms with E-state index in [0.29, 0.717) is 18.1 Å². The van der Waals surface area contributed by atoms with Crippen molar-refractivity contribution in [2.75, 3.05) is 13.1 Å². The summed E-state index contributed by atoms with van der Waals surface area (Å²) >= 11 is 0. The van der Waals surface area contributed by atoms with Gasteiger partial charge in [-0.25, -0.2) is 4.98 Å². The number of rotatable bonds is 3. The molecule has 1 aliphatic heterocycles. The lowest BCUT2D eigenvalue weighted by Gasteiger charge is -2.42. The molecule has 2 rings (SSSR count). The molecule has 5 nitrogen and oxygen atoms in total. The molecule has 0 aliphatic carbocycles. The molecule has 0 aromatic carbocycles. The number of amides is 1. The van der Waals surface area contributed by atoms with Gasteiger partial charge in [-0.2, -0.15) is 0 Å². The van der Waals surface area contributed by atoms with Crippen LogP contribution in [0.1, 0.15) is 50.0 Å². The van der Waals surface area contributed by atoms with Crippen LogP contribution in [0.2, 0.25) is 18.1 Å². The van der Waals surface area contributed by atoms with Crippen molar-refractivity contribution in [1.29, 1.82) is 0 Å². The second-order valence-electron chi connectivity index (χ2n) is 7.65. The van der Waals surface area contributed by atoms with Gasteiger partial charge in [0, 0.05) is 20.0 Å². The highest BCUT2D eigenvalue weighted by molar-refractivity contribution is 6.74. The van der Waals surface area contributed by atoms with Gasteiger partial charge in [0.15, 0.2) is 19.9 Å². The fourth-order valence-corrected chi connectivity index (χ4v) is 3.82. The molecule has 0 N–H and O–H groups in total. The molecule has 1 aliphatic rings. The Hall–Kier alpha value is -1.14. The Bertz CT molecular complexity index is 534. The second kappa shape index (κ2) is 6.16. The Kier molecular flexibility index (Phi) is 4.82. The Morgan fingerprint density at radius 1 is 1.45 bits per heavy atom. The van der Waals surface area contributed by atoms with Crippen molar-refractivity contribution < 1.29 is 13.6 Å². The van der Waals surface area contributed by atoms with Crippen molar-refractivity contribution in [2.45, 2.75) is 64.8 Å². The summed E-state index contributed by atoms with van der Waals surface area (Å²) in [4.78, 5) is 18.5. The molecule has 1 fully saturated rings. The first kappa shape index (κ1) is 17.2. The average molecular weight is 324 g/mol. The minimum atomic E-state index is -1.80. The molecule has 2 heterocycles. The maximum Gasteiger partial charge on any atom is 0.275 e. The number of aromatic nitrogens is 1. The third-order valence-electron chi connectivity index (χ3n) is 4.77. The van der Waals surface area contributed by atoms with E-state index < -0.39 is 8.32 Å². The van der Waals surface area contributed by atoms with Crippen LogP contribution in [0.15, 0.2) is 10.7 Å². The van der Waals surface area contributed by atoms with Gasteiger partial charge < -0.3 is 13.7 Å². The van der Waals surface area contributed by atoms with Crippen LogP contribution in [0, 0.1) is 6.92 Å². The summed E-state index contributed by atoms with van der Waals surface area (Å²) in [5.41, 5.74) is 0.394. The third kappa shape index (κ3) is 3.79. The summed E-state index contributed by atoms with van der Waals surface area (Å²) in [5, 5.41) is 0.183. The minimum Gasteiger partial charge on any atom is -0.448 e. The summed E-state index contributed by atoms with van der Waals surface area (Å²) < 4.78 is 11.6. The summed E-state index contributed by atoms with van der Waals surface area (Å²) in [5.74, 6) is 0.467. The number of nitrogens with zero attached hydrogens (tertiary/aromatic N) is 2. The number of hydrogen-bond donors (Lipinski definition) is 0. The van der Waals surface area contributed by atoms with Crippen LogP contribution in [0.5, 0.6) is 0 Å². The zero-order chi connectivity index (χ0) is 16.5. The van der Waals surface area contributed by atoms with Gasteiger partial charge in [0.25, 0.3) is 5.91 Å². The minimum absolute atomic E-state index is 0.0552. The Balaban J connectivity index is 2.02. The molecule has 0 bridgehead atoms. The number of piperidine rings is 1. The quantitative estimate of drug-likeness (QED) is 0.797. The van der Waals surface area contributed by atoms with Gasteiger partial charge >= 0.3 is 0 Å². The first-order valence-electron chi connectivity index (χ1n) is 7.99. The first-order valence-corrected chi connectivity index (χ1v) is 10.9. The molecule has 1 aromatic rings. The van der Waals surface area contributed by atoms with Gasteiger partial charge in [0.2, 0.25) is 0 Å². The van der Waals surface area contributed by atoms with Gasteiger partial charge in [-0.1, -0.05) is 20.8 Å². The fraction of sp³-hybridized carbons (Fsp3) is 0.750. The van der Waals surface area contributed by atoms with Crippen molar-refractivity contribution >= 4 is 14.2 Å². The first-order chi connectivity index (χ1) is 10.1. The fourth-order valence-electron chi connectivity index (χ4n) is 2.44. The highest BCUT2D eigenvalue weighted by Crippen LogP contribution is 2.38. The number of hydrogen-bond acceptors (Lipinski definition) is 4. The van der Waals surface area contributed by atoms with E-state index in [-0.39, 0.29) is 17.0 Å². The van der Waals surface area contributed by atoms with Crippen molar-refractivity contribution in [3.05, 3.63) is 17.8 Å². The molecule has 22 heavy (non-hydrogen) atoms. The maximum absolute atomic E-state index is 12.5. The zero-order valence-corrected chi connectivity index (χ0v) is 15.6. The Morgan fingerprint density at radius 3 is 2.68 bits per heavy atom. The van der Waals surface area contributed by atoms with Crippen molar-refractivity contribution in [3.8, 4) is 0 Å². The van der Waals surface area contributed by atoms with E-state index in [4.69, 9.17) is 8.84 Å². The van der Waals surface area contributed by atoms with E-state index >= 15 is 0 Å². The molecule has 0 spiro atoms. The molecule has 1 unspecified atom stereocenters. The molecule has 0 radical (unpaired) electrons. The molecule has 1 atom stereocenters. The average Bonchev–Trinajstić information content (AvgIpc) is 2.83. The highest BCUT2D eigenvalue weighted by Gasteiger charge is 2.40. The molecule has 1 saturated heterocycles. The van der Waals surface area contributed by atoms with Crippen molar-refractivity contribution in [1.82, 2.24) is 9.88 Å². The van der Waals surface area contributed by atoms with Crippen LogP contribution in [-0.4, -0.2) is 43.3 Å². The smallest absolute Gasteiger partial charge is 0.275 e. The van der Waals surface area contributed by atoms with Crippen molar-refractivity contribution in [2.24, 2.45) is 0 Å². The summed E-state index contributed by atoms with van der Waals surface area (Å²) in [7, 11) is -1.80. The Labute approximate surface area is 134 Å². The number of aryl methyl sites for hydroxylation is 1. The summed E-state index contributed by atoms with van der Waals surface area (Å²) in [6.45, 7) is 14.4. The number of carbonyl (C=O) groups is 1. The normalized spacial score (nSPS) is 20.3. The SMILES string of the molecule is Cc1nc(C(=O)N2CCCC(O[Si](C)(C)C(C)(C)C)C2)co1. The van der Waals surface area contributed by atoms with Crippen LogP contribution in [0.3, 0.4) is 0 Å². The van der Waals surface area contributed by atoms with Gasteiger partial charge in [0.05, 0.1) is 6.10 Å². The topological polar surface area (TPSA) is 55.6 Å². The van der Waals surface area contributed by atoms with E-state index in [9.17, 15) is 4.79 Å². The molecule has 1 amide bonds. The number of oxazole rings is 1. The van der Waals surface area contributed by atoms with Crippen LogP contribution < -0.4 is 0 Å². The largest absolute Gasteiger partial charge is 0.448 e. The van der Waals surface area contributed by atoms with Gasteiger partial charge in [-0.15, -0.1) is 0 Å². The zero-order valence-electron chi connectivity index (χ0n) is 14.6. The maximum atomic E-state index is 12.5. The summed E-state index contributed by atoms with van der Waals surface area (Å²) in [6, 6.07) is 0. The molecule has 124 valence electrons. The van der Waals surface area contributed by atoms with Gasteiger partial charge in [-0.3, -0.25) is 4.79 Å². The lowest BCUT2D eigenvalue weighted by Crippen LogP contribution is -2.50. The number of likely N-dealkylation sites (tertiary alicyclic amines) is 1. The number of carbonyl (C=O) groups excluding carboxylic acids is 1. The van der Waals surface area contributed by atoms with Crippen molar-refractivity contribution in [3.63, 3.8) is 0 Å². The lowest BCUT2D eigenvalue weighted by atomic mass is 10.1. The van der Waals surface area contributed by atoms with E-state index in [1.54, 1.807) is 6.92 Å². The molecule has 6 heteroatoms. The summed E-state index contributed by atoms with van der Waals surface area (Å²) in [6.07, 6.45) is 3.57. The van der Waals surface area contributed by atoms with Crippen LogP contribution in [0.25, 0.3) is 0 Å². The van der Waals surface area contributed by atoms with Crippen LogP contribution in [0.4, 0.5) is 0 Å². The van der Waals surface area contributed by atoms with Crippen LogP contribution in [-0.2, 0) is 4.43 Å². The predicted molar refractivity (Wildman–Crippen MR) is 88.4 cm³/mol. The van der Waals surface area contributed by atoms with Gasteiger partial charge in [-0.05, 0) is 31.0 Å². The molecular weight excluding hydrogens is 296 g/mol. The third-order valence-corrected chi connectivity index (χ3v) is 9.31. The van der Waals surface area contributed by atoms with E-state index in [0.717, 1.165) is 19.4 Å². The predicted octanol–water partition coefficient (Wildman–Crippen LogP) is 3.61. The molecular formula is C16H28N2O3Si. The van der Waals surface area contributed by atoms with E-state index in [1.165, 1.54) is 6.26 Å². The lowest BCUT2D eigenvalue weighted by molar-refractivity contribution is 0.0499. The molecule has 1 aromatic heterocycles. The highest BCUT2D eigenvalue weighted by atomic mass is 28.4. The molecule has 0 saturated carbocycles. The van der Waals surface area contributed by atoms with Crippen LogP contribution >= 0.6 is 0 Å². The standard InChI is InChI=1S/C16H28N2O3Si/c1-12-17-14(11-20-12)15(19)18-9-7-8-13(10-18)21-22(5,6)16(2,3)4/h11,13H,7-10H2,1-6H3. The Morgan fingerprint density at radius 2 is 2.14 bits per heavy atom. The van der Waals surface area contributed by atoms with E-state index in [1.807, 2.05) is 4.90 Å². The monoisotopic (exact) mass is 324 g/mol.